The molecule has 0 amide bonds. The molecule has 1 rings (SSSR count). The summed E-state index contributed by atoms with van der Waals surface area (Å²) in [4.78, 5) is 4.04. The highest BCUT2D eigenvalue weighted by molar-refractivity contribution is 9.10. The van der Waals surface area contributed by atoms with Crippen molar-refractivity contribution < 1.29 is 9.30 Å². The molecule has 0 radical (unpaired) electrons. The van der Waals surface area contributed by atoms with Gasteiger partial charge in [-0.15, -0.1) is 0 Å². The molecule has 0 aliphatic heterocycles. The van der Waals surface area contributed by atoms with Crippen LogP contribution in [0.1, 0.15) is 0 Å². The van der Waals surface area contributed by atoms with Crippen LogP contribution in [0.5, 0.6) is 5.88 Å². The van der Waals surface area contributed by atoms with Gasteiger partial charge in [0.05, 0.1) is 13.7 Å². The molecule has 0 spiro atoms. The first-order chi connectivity index (χ1) is 6.47. The smallest absolute Gasteiger partial charge is 0.213 e. The molecule has 78 valence electrons. The Morgan fingerprint density at radius 3 is 2.71 bits per heavy atom. The number of halogens is 1. The molecule has 5 heteroatoms. The summed E-state index contributed by atoms with van der Waals surface area (Å²) in [6.45, 7) is 3.97. The normalized spacial score (nSPS) is 11.4. The summed E-state index contributed by atoms with van der Waals surface area (Å²) < 4.78 is 17.6. The average Bonchev–Trinajstić information content (AvgIpc) is 2.06. The monoisotopic (exact) mass is 277 g/mol. The molecule has 0 saturated heterocycles. The molecule has 14 heavy (non-hydrogen) atoms. The molecule has 0 unspecified atom stereocenters. The summed E-state index contributed by atoms with van der Waals surface area (Å²) in [6, 6.07) is 3.64. The third-order valence-corrected chi connectivity index (χ3v) is 3.31. The number of hydrogen-bond donors (Lipinski definition) is 0. The van der Waals surface area contributed by atoms with Gasteiger partial charge in [0.1, 0.15) is 0 Å². The van der Waals surface area contributed by atoms with Crippen LogP contribution >= 0.6 is 23.1 Å². The maximum atomic E-state index is 11.4. The largest absolute Gasteiger partial charge is 0.477 e. The summed E-state index contributed by atoms with van der Waals surface area (Å²) in [7, 11) is -1.97. The minimum atomic E-state index is -1.97. The summed E-state index contributed by atoms with van der Waals surface area (Å²) in [5, 5.41) is 0. The Balaban J connectivity index is 2.39. The fourth-order valence-corrected chi connectivity index (χ4v) is 1.58. The molecular weight excluding hydrogens is 265 g/mol. The van der Waals surface area contributed by atoms with E-state index in [-0.39, 0.29) is 0 Å². The lowest BCUT2D eigenvalue weighted by atomic mass is 10.5. The number of hydrogen-bond acceptors (Lipinski definition) is 3. The SMILES string of the molecule is CP(C)(=O)CCOc1ccc(Br)cn1. The third-order valence-electron chi connectivity index (χ3n) is 1.58. The zero-order chi connectivity index (χ0) is 10.6. The van der Waals surface area contributed by atoms with Crippen molar-refractivity contribution in [3.8, 4) is 5.88 Å². The van der Waals surface area contributed by atoms with Crippen molar-refractivity contribution in [2.75, 3.05) is 26.1 Å². The Hall–Kier alpha value is -0.340. The van der Waals surface area contributed by atoms with Gasteiger partial charge in [0.25, 0.3) is 0 Å². The molecule has 0 saturated carbocycles. The summed E-state index contributed by atoms with van der Waals surface area (Å²) in [6.07, 6.45) is 2.26. The zero-order valence-electron chi connectivity index (χ0n) is 8.24. The van der Waals surface area contributed by atoms with E-state index in [1.807, 2.05) is 6.07 Å². The van der Waals surface area contributed by atoms with Gasteiger partial charge < -0.3 is 9.30 Å². The van der Waals surface area contributed by atoms with Gasteiger partial charge in [-0.1, -0.05) is 0 Å². The van der Waals surface area contributed by atoms with Crippen LogP contribution in [0.25, 0.3) is 0 Å². The van der Waals surface area contributed by atoms with Crippen molar-refractivity contribution >= 4 is 23.1 Å². The van der Waals surface area contributed by atoms with E-state index in [0.29, 0.717) is 18.6 Å². The van der Waals surface area contributed by atoms with Gasteiger partial charge in [0.2, 0.25) is 5.88 Å². The number of nitrogens with zero attached hydrogens (tertiary/aromatic N) is 1. The van der Waals surface area contributed by atoms with Crippen molar-refractivity contribution in [1.82, 2.24) is 4.98 Å². The van der Waals surface area contributed by atoms with Crippen LogP contribution in [0.4, 0.5) is 0 Å². The first kappa shape index (κ1) is 11.7. The van der Waals surface area contributed by atoms with Crippen molar-refractivity contribution in [3.63, 3.8) is 0 Å². The highest BCUT2D eigenvalue weighted by atomic mass is 79.9. The summed E-state index contributed by atoms with van der Waals surface area (Å²) in [5.41, 5.74) is 0. The molecule has 0 N–H and O–H groups in total. The minimum Gasteiger partial charge on any atom is -0.477 e. The molecular formula is C9H13BrNO2P. The molecule has 0 aromatic carbocycles. The molecule has 1 aromatic heterocycles. The van der Waals surface area contributed by atoms with E-state index in [1.165, 1.54) is 0 Å². The Morgan fingerprint density at radius 2 is 2.21 bits per heavy atom. The Morgan fingerprint density at radius 1 is 1.50 bits per heavy atom. The second-order valence-electron chi connectivity index (χ2n) is 3.46. The van der Waals surface area contributed by atoms with E-state index in [1.54, 1.807) is 25.6 Å². The van der Waals surface area contributed by atoms with Crippen molar-refractivity contribution in [2.24, 2.45) is 0 Å². The first-order valence-electron chi connectivity index (χ1n) is 4.26. The maximum absolute atomic E-state index is 11.4. The van der Waals surface area contributed by atoms with E-state index in [4.69, 9.17) is 4.74 Å². The fraction of sp³-hybridized carbons (Fsp3) is 0.444. The maximum Gasteiger partial charge on any atom is 0.213 e. The molecule has 0 aliphatic rings. The van der Waals surface area contributed by atoms with Gasteiger partial charge in [0.15, 0.2) is 0 Å². The van der Waals surface area contributed by atoms with Gasteiger partial charge in [0, 0.05) is 22.9 Å². The van der Waals surface area contributed by atoms with Gasteiger partial charge in [-0.05, 0) is 35.3 Å². The molecule has 0 atom stereocenters. The van der Waals surface area contributed by atoms with Crippen LogP contribution in [0.3, 0.4) is 0 Å². The van der Waals surface area contributed by atoms with Crippen LogP contribution in [0, 0.1) is 0 Å². The van der Waals surface area contributed by atoms with Crippen LogP contribution in [0.2, 0.25) is 0 Å². The van der Waals surface area contributed by atoms with Crippen LogP contribution < -0.4 is 4.74 Å². The third kappa shape index (κ3) is 4.77. The van der Waals surface area contributed by atoms with E-state index >= 15 is 0 Å². The highest BCUT2D eigenvalue weighted by Crippen LogP contribution is 2.34. The van der Waals surface area contributed by atoms with Crippen LogP contribution in [-0.2, 0) is 4.57 Å². The van der Waals surface area contributed by atoms with Crippen molar-refractivity contribution in [2.45, 2.75) is 0 Å². The topological polar surface area (TPSA) is 39.2 Å². The zero-order valence-corrected chi connectivity index (χ0v) is 10.7. The predicted octanol–water partition coefficient (Wildman–Crippen LogP) is 2.85. The van der Waals surface area contributed by atoms with E-state index in [0.717, 1.165) is 4.47 Å². The van der Waals surface area contributed by atoms with Gasteiger partial charge in [-0.25, -0.2) is 4.98 Å². The van der Waals surface area contributed by atoms with Gasteiger partial charge in [-0.2, -0.15) is 0 Å². The lowest BCUT2D eigenvalue weighted by Gasteiger charge is -2.07. The molecule has 3 nitrogen and oxygen atoms in total. The molecule has 0 aliphatic carbocycles. The molecule has 0 fully saturated rings. The van der Waals surface area contributed by atoms with E-state index in [9.17, 15) is 4.57 Å². The lowest BCUT2D eigenvalue weighted by Crippen LogP contribution is -2.03. The summed E-state index contributed by atoms with van der Waals surface area (Å²) in [5.74, 6) is 0.571. The van der Waals surface area contributed by atoms with Crippen molar-refractivity contribution in [3.05, 3.63) is 22.8 Å². The average molecular weight is 278 g/mol. The standard InChI is InChI=1S/C9H13BrNO2P/c1-14(2,12)6-5-13-9-4-3-8(10)7-11-9/h3-4,7H,5-6H2,1-2H3. The van der Waals surface area contributed by atoms with Crippen LogP contribution in [0.15, 0.2) is 22.8 Å². The van der Waals surface area contributed by atoms with E-state index < -0.39 is 7.14 Å². The fourth-order valence-electron chi connectivity index (χ4n) is 0.818. The quantitative estimate of drug-likeness (QED) is 0.795. The number of ether oxygens (including phenoxy) is 1. The lowest BCUT2D eigenvalue weighted by molar-refractivity contribution is 0.327. The second-order valence-corrected chi connectivity index (χ2v) is 7.97. The molecule has 1 aromatic rings. The van der Waals surface area contributed by atoms with E-state index in [2.05, 4.69) is 20.9 Å². The Bertz CT molecular complexity index is 333. The summed E-state index contributed by atoms with van der Waals surface area (Å²) >= 11 is 3.28. The Labute approximate surface area is 92.4 Å². The predicted molar refractivity (Wildman–Crippen MR) is 61.8 cm³/mol. The minimum absolute atomic E-state index is 0.457. The Kier molecular flexibility index (Phi) is 4.14. The van der Waals surface area contributed by atoms with Gasteiger partial charge in [-0.3, -0.25) is 0 Å². The number of aromatic nitrogens is 1. The van der Waals surface area contributed by atoms with Crippen LogP contribution in [-0.4, -0.2) is 31.1 Å². The molecule has 1 heterocycles. The molecule has 0 bridgehead atoms. The number of pyridine rings is 1. The second kappa shape index (κ2) is 4.94. The highest BCUT2D eigenvalue weighted by Gasteiger charge is 2.06. The van der Waals surface area contributed by atoms with Gasteiger partial charge >= 0.3 is 0 Å². The first-order valence-corrected chi connectivity index (χ1v) is 7.84. The van der Waals surface area contributed by atoms with Crippen molar-refractivity contribution in [1.29, 1.82) is 0 Å². The number of rotatable bonds is 4.